The zero-order valence-electron chi connectivity index (χ0n) is 13.4. The van der Waals surface area contributed by atoms with E-state index in [1.807, 2.05) is 0 Å². The number of benzene rings is 2. The van der Waals surface area contributed by atoms with Crippen LogP contribution in [0.5, 0.6) is 11.5 Å². The van der Waals surface area contributed by atoms with Crippen LogP contribution in [0, 0.1) is 0 Å². The second-order valence-corrected chi connectivity index (χ2v) is 9.36. The van der Waals surface area contributed by atoms with Crippen molar-refractivity contribution in [3.05, 3.63) is 46.5 Å². The van der Waals surface area contributed by atoms with E-state index in [1.165, 1.54) is 10.4 Å². The van der Waals surface area contributed by atoms with Crippen molar-refractivity contribution in [1.82, 2.24) is 0 Å². The summed E-state index contributed by atoms with van der Waals surface area (Å²) in [6.07, 6.45) is 0. The number of sulfonamides is 1. The van der Waals surface area contributed by atoms with Crippen molar-refractivity contribution in [1.29, 1.82) is 0 Å². The fourth-order valence-corrected chi connectivity index (χ4v) is 6.19. The third-order valence-electron chi connectivity index (χ3n) is 4.34. The molecule has 0 saturated heterocycles. The van der Waals surface area contributed by atoms with Gasteiger partial charge in [0, 0.05) is 28.5 Å². The third-order valence-corrected chi connectivity index (χ3v) is 7.27. The minimum atomic E-state index is -3.84. The van der Waals surface area contributed by atoms with E-state index in [4.69, 9.17) is 32.7 Å². The second kappa shape index (κ2) is 6.78. The van der Waals surface area contributed by atoms with E-state index in [9.17, 15) is 8.42 Å². The minimum absolute atomic E-state index is 0.113. The van der Waals surface area contributed by atoms with Gasteiger partial charge in [-0.1, -0.05) is 33.6 Å². The Morgan fingerprint density at radius 3 is 2.50 bits per heavy atom. The van der Waals surface area contributed by atoms with Gasteiger partial charge in [0.05, 0.1) is 16.0 Å². The number of hydrogen-bond acceptors (Lipinski definition) is 4. The molecule has 0 saturated carbocycles. The highest BCUT2D eigenvalue weighted by Crippen LogP contribution is 2.48. The van der Waals surface area contributed by atoms with Crippen LogP contribution in [0.4, 0.5) is 5.69 Å². The van der Waals surface area contributed by atoms with Gasteiger partial charge in [0.2, 0.25) is 0 Å². The minimum Gasteiger partial charge on any atom is -0.486 e. The number of anilines is 1. The van der Waals surface area contributed by atoms with Crippen LogP contribution in [-0.4, -0.2) is 33.5 Å². The molecule has 138 valence electrons. The summed E-state index contributed by atoms with van der Waals surface area (Å²) < 4.78 is 39.3. The van der Waals surface area contributed by atoms with E-state index >= 15 is 0 Å². The molecule has 2 aliphatic heterocycles. The Bertz CT molecular complexity index is 983. The van der Waals surface area contributed by atoms with Crippen LogP contribution in [0.1, 0.15) is 16.5 Å². The number of fused-ring (bicyclic) bond motifs is 3. The number of rotatable bonds is 2. The van der Waals surface area contributed by atoms with Crippen LogP contribution in [0.25, 0.3) is 0 Å². The van der Waals surface area contributed by atoms with Gasteiger partial charge >= 0.3 is 0 Å². The molecular weight excluding hydrogens is 465 g/mol. The van der Waals surface area contributed by atoms with Gasteiger partial charge < -0.3 is 9.47 Å². The monoisotopic (exact) mass is 477 g/mol. The second-order valence-electron chi connectivity index (χ2n) is 5.87. The molecule has 0 fully saturated rings. The summed E-state index contributed by atoms with van der Waals surface area (Å²) in [4.78, 5) is 0.113. The number of ether oxygens (including phenoxy) is 2. The molecule has 0 N–H and O–H groups in total. The number of halogens is 3. The largest absolute Gasteiger partial charge is 0.486 e. The lowest BCUT2D eigenvalue weighted by molar-refractivity contribution is 0.171. The molecule has 26 heavy (non-hydrogen) atoms. The van der Waals surface area contributed by atoms with Crippen LogP contribution >= 0.6 is 39.1 Å². The number of nitrogens with zero attached hydrogens (tertiary/aromatic N) is 1. The smallest absolute Gasteiger partial charge is 0.264 e. The van der Waals surface area contributed by atoms with Crippen LogP contribution in [0.3, 0.4) is 0 Å². The first-order valence-electron chi connectivity index (χ1n) is 7.89. The van der Waals surface area contributed by atoms with Gasteiger partial charge in [-0.25, -0.2) is 8.42 Å². The Morgan fingerprint density at radius 1 is 1.12 bits per heavy atom. The summed E-state index contributed by atoms with van der Waals surface area (Å²) in [5.41, 5.74) is 1.63. The molecule has 4 rings (SSSR count). The zero-order valence-corrected chi connectivity index (χ0v) is 17.3. The predicted octanol–water partition coefficient (Wildman–Crippen LogP) is 4.34. The SMILES string of the molecule is O=S1(=O)c2cc(Cl)ccc2C(Cl)c2cc3c(cc2N1CCBr)OCCO3. The van der Waals surface area contributed by atoms with Crippen LogP contribution in [-0.2, 0) is 10.0 Å². The molecule has 2 aromatic carbocycles. The maximum absolute atomic E-state index is 13.4. The molecule has 0 aliphatic carbocycles. The molecule has 0 radical (unpaired) electrons. The Labute approximate surface area is 170 Å². The molecule has 0 spiro atoms. The van der Waals surface area contributed by atoms with Crippen LogP contribution in [0.2, 0.25) is 5.02 Å². The lowest BCUT2D eigenvalue weighted by atomic mass is 10.0. The lowest BCUT2D eigenvalue weighted by Gasteiger charge is -2.27. The van der Waals surface area contributed by atoms with Gasteiger partial charge in [0.1, 0.15) is 13.2 Å². The summed E-state index contributed by atoms with van der Waals surface area (Å²) in [6, 6.07) is 8.20. The highest BCUT2D eigenvalue weighted by Gasteiger charge is 2.37. The fourth-order valence-electron chi connectivity index (χ4n) is 3.19. The van der Waals surface area contributed by atoms with Gasteiger partial charge in [-0.15, -0.1) is 11.6 Å². The highest BCUT2D eigenvalue weighted by atomic mass is 79.9. The number of alkyl halides is 2. The summed E-state index contributed by atoms with van der Waals surface area (Å²) in [7, 11) is -3.84. The molecule has 1 unspecified atom stereocenters. The fraction of sp³-hybridized carbons (Fsp3) is 0.294. The van der Waals surface area contributed by atoms with Gasteiger partial charge in [0.15, 0.2) is 11.5 Å². The quantitative estimate of drug-likeness (QED) is 0.602. The van der Waals surface area contributed by atoms with Gasteiger partial charge in [-0.05, 0) is 23.8 Å². The normalized spacial score (nSPS) is 20.1. The van der Waals surface area contributed by atoms with E-state index < -0.39 is 15.4 Å². The molecule has 0 bridgehead atoms. The standard InChI is InChI=1S/C17H14BrCl2NO4S/c18-3-4-21-13-9-15-14(24-5-6-25-15)8-12(13)17(20)11-2-1-10(19)7-16(11)26(21,22)23/h1-2,7-9,17H,3-6H2. The van der Waals surface area contributed by atoms with Crippen molar-refractivity contribution in [2.24, 2.45) is 0 Å². The van der Waals surface area contributed by atoms with Crippen LogP contribution < -0.4 is 13.8 Å². The van der Waals surface area contributed by atoms with E-state index in [2.05, 4.69) is 15.9 Å². The van der Waals surface area contributed by atoms with Crippen molar-refractivity contribution in [2.45, 2.75) is 10.3 Å². The van der Waals surface area contributed by atoms with E-state index in [1.54, 1.807) is 24.3 Å². The molecule has 9 heteroatoms. The summed E-state index contributed by atoms with van der Waals surface area (Å²) in [5.74, 6) is 1.08. The van der Waals surface area contributed by atoms with Crippen molar-refractivity contribution in [3.63, 3.8) is 0 Å². The maximum atomic E-state index is 13.4. The Morgan fingerprint density at radius 2 is 1.81 bits per heavy atom. The van der Waals surface area contributed by atoms with Crippen molar-refractivity contribution in [3.8, 4) is 11.5 Å². The average molecular weight is 479 g/mol. The molecule has 2 aromatic rings. The third kappa shape index (κ3) is 2.85. The number of hydrogen-bond donors (Lipinski definition) is 0. The van der Waals surface area contributed by atoms with Gasteiger partial charge in [-0.2, -0.15) is 0 Å². The lowest BCUT2D eigenvalue weighted by Crippen LogP contribution is -2.33. The van der Waals surface area contributed by atoms with Crippen molar-refractivity contribution in [2.75, 3.05) is 29.4 Å². The Balaban J connectivity index is 2.03. The summed E-state index contributed by atoms with van der Waals surface area (Å²) in [5, 5.41) is 0.137. The van der Waals surface area contributed by atoms with Crippen LogP contribution in [0.15, 0.2) is 35.2 Å². The summed E-state index contributed by atoms with van der Waals surface area (Å²) in [6.45, 7) is 1.09. The predicted molar refractivity (Wildman–Crippen MR) is 105 cm³/mol. The molecular formula is C17H14BrCl2NO4S. The molecule has 1 atom stereocenters. The van der Waals surface area contributed by atoms with E-state index in [-0.39, 0.29) is 11.4 Å². The molecule has 2 heterocycles. The van der Waals surface area contributed by atoms with Gasteiger partial charge in [-0.3, -0.25) is 4.31 Å². The Hall–Kier alpha value is -1.15. The van der Waals surface area contributed by atoms with Crippen molar-refractivity contribution >= 4 is 54.8 Å². The van der Waals surface area contributed by atoms with Gasteiger partial charge in [0.25, 0.3) is 10.0 Å². The highest BCUT2D eigenvalue weighted by molar-refractivity contribution is 9.09. The topological polar surface area (TPSA) is 55.8 Å². The molecule has 0 amide bonds. The summed E-state index contributed by atoms with van der Waals surface area (Å²) >= 11 is 16.1. The maximum Gasteiger partial charge on any atom is 0.264 e. The van der Waals surface area contributed by atoms with E-state index in [0.29, 0.717) is 51.9 Å². The average Bonchev–Trinajstić information content (AvgIpc) is 2.69. The van der Waals surface area contributed by atoms with Crippen molar-refractivity contribution < 1.29 is 17.9 Å². The molecule has 5 nitrogen and oxygen atoms in total. The molecule has 2 aliphatic rings. The first-order valence-corrected chi connectivity index (χ1v) is 11.3. The Kier molecular flexibility index (Phi) is 4.75. The first-order chi connectivity index (χ1) is 12.4. The zero-order chi connectivity index (χ0) is 18.5. The molecule has 0 aromatic heterocycles. The first kappa shape index (κ1) is 18.2. The van der Waals surface area contributed by atoms with E-state index in [0.717, 1.165) is 0 Å².